The number of carbonyl (C=O) groups is 1. The predicted octanol–water partition coefficient (Wildman–Crippen LogP) is 3.62. The van der Waals surface area contributed by atoms with E-state index in [0.717, 1.165) is 0 Å². The number of rotatable bonds is 8. The van der Waals surface area contributed by atoms with Crippen LogP contribution in [0.5, 0.6) is 0 Å². The molecule has 0 saturated carbocycles. The van der Waals surface area contributed by atoms with Crippen LogP contribution in [0.4, 0.5) is 30.6 Å². The number of carbonyl (C=O) groups excluding carboxylic acids is 1. The maximum atomic E-state index is 13.8. The van der Waals surface area contributed by atoms with E-state index in [4.69, 9.17) is 11.6 Å². The molecule has 0 radical (unpaired) electrons. The van der Waals surface area contributed by atoms with E-state index in [2.05, 4.69) is 31.0 Å². The van der Waals surface area contributed by atoms with Gasteiger partial charge in [0.2, 0.25) is 11.9 Å². The molecule has 2 heterocycles. The average molecular weight is 454 g/mol. The Bertz CT molecular complexity index is 1070. The summed E-state index contributed by atoms with van der Waals surface area (Å²) >= 11 is 6.05. The van der Waals surface area contributed by atoms with Crippen molar-refractivity contribution in [1.29, 1.82) is 0 Å². The van der Waals surface area contributed by atoms with Crippen molar-refractivity contribution >= 4 is 35.0 Å². The molecule has 3 N–H and O–H groups in total. The average Bonchev–Trinajstić information content (AvgIpc) is 3.09. The van der Waals surface area contributed by atoms with Crippen molar-refractivity contribution in [2.75, 3.05) is 10.6 Å². The van der Waals surface area contributed by atoms with Gasteiger partial charge in [0.1, 0.15) is 29.0 Å². The van der Waals surface area contributed by atoms with Crippen molar-refractivity contribution < 1.29 is 18.0 Å². The Labute approximate surface area is 180 Å². The van der Waals surface area contributed by atoms with E-state index in [0.29, 0.717) is 17.8 Å². The first-order valence-electron chi connectivity index (χ1n) is 9.20. The highest BCUT2D eigenvalue weighted by Gasteiger charge is 2.13. The molecule has 12 heteroatoms. The Morgan fingerprint density at radius 2 is 1.90 bits per heavy atom. The number of halogens is 4. The first kappa shape index (κ1) is 22.3. The van der Waals surface area contributed by atoms with Crippen LogP contribution in [0.15, 0.2) is 30.7 Å². The largest absolute Gasteiger partial charge is 0.364 e. The molecular formula is C19H19ClF3N7O. The summed E-state index contributed by atoms with van der Waals surface area (Å²) in [6.45, 7) is 3.45. The van der Waals surface area contributed by atoms with Crippen LogP contribution in [-0.2, 0) is 17.9 Å². The van der Waals surface area contributed by atoms with Crippen molar-refractivity contribution in [2.24, 2.45) is 0 Å². The predicted molar refractivity (Wildman–Crippen MR) is 109 cm³/mol. The lowest BCUT2D eigenvalue weighted by atomic mass is 10.2. The first-order chi connectivity index (χ1) is 14.7. The molecule has 164 valence electrons. The van der Waals surface area contributed by atoms with Gasteiger partial charge in [-0.25, -0.2) is 18.2 Å². The number of anilines is 3. The van der Waals surface area contributed by atoms with Crippen LogP contribution in [0.25, 0.3) is 0 Å². The SMILES string of the molecule is CC(C)NC(=O)Cn1cc(Nc2ncc(Cl)c(NCc3c(F)cc(F)cc3F)n2)cn1. The number of nitrogens with zero attached hydrogens (tertiary/aromatic N) is 4. The zero-order chi connectivity index (χ0) is 22.5. The van der Waals surface area contributed by atoms with E-state index in [-0.39, 0.29) is 47.4 Å². The molecule has 0 aliphatic carbocycles. The fourth-order valence-electron chi connectivity index (χ4n) is 2.62. The van der Waals surface area contributed by atoms with Crippen molar-refractivity contribution in [3.8, 4) is 0 Å². The van der Waals surface area contributed by atoms with Crippen LogP contribution in [0, 0.1) is 17.5 Å². The molecule has 0 bridgehead atoms. The highest BCUT2D eigenvalue weighted by Crippen LogP contribution is 2.23. The van der Waals surface area contributed by atoms with Gasteiger partial charge in [-0.15, -0.1) is 0 Å². The lowest BCUT2D eigenvalue weighted by molar-refractivity contribution is -0.122. The third kappa shape index (κ3) is 6.07. The molecule has 0 atom stereocenters. The molecule has 3 aromatic rings. The summed E-state index contributed by atoms with van der Waals surface area (Å²) in [7, 11) is 0. The van der Waals surface area contributed by atoms with Crippen molar-refractivity contribution in [3.05, 3.63) is 58.8 Å². The van der Waals surface area contributed by atoms with Gasteiger partial charge in [-0.3, -0.25) is 9.48 Å². The number of hydrogen-bond acceptors (Lipinski definition) is 6. The van der Waals surface area contributed by atoms with Crippen molar-refractivity contribution in [2.45, 2.75) is 33.0 Å². The minimum absolute atomic E-state index is 0.0194. The molecule has 0 spiro atoms. The van der Waals surface area contributed by atoms with Gasteiger partial charge in [-0.1, -0.05) is 11.6 Å². The van der Waals surface area contributed by atoms with E-state index in [9.17, 15) is 18.0 Å². The third-order valence-electron chi connectivity index (χ3n) is 3.93. The molecule has 0 saturated heterocycles. The monoisotopic (exact) mass is 453 g/mol. The highest BCUT2D eigenvalue weighted by molar-refractivity contribution is 6.32. The molecule has 0 fully saturated rings. The Morgan fingerprint density at radius 1 is 1.19 bits per heavy atom. The van der Waals surface area contributed by atoms with Gasteiger partial charge in [0.25, 0.3) is 0 Å². The summed E-state index contributed by atoms with van der Waals surface area (Å²) in [5, 5.41) is 12.6. The number of aromatic nitrogens is 4. The highest BCUT2D eigenvalue weighted by atomic mass is 35.5. The Hall–Kier alpha value is -3.34. The Morgan fingerprint density at radius 3 is 2.58 bits per heavy atom. The molecule has 0 unspecified atom stereocenters. The molecule has 3 rings (SSSR count). The summed E-state index contributed by atoms with van der Waals surface area (Å²) in [6.07, 6.45) is 4.38. The number of nitrogens with one attached hydrogen (secondary N) is 3. The second-order valence-corrected chi connectivity index (χ2v) is 7.27. The smallest absolute Gasteiger partial charge is 0.241 e. The summed E-state index contributed by atoms with van der Waals surface area (Å²) in [6, 6.07) is 1.20. The maximum absolute atomic E-state index is 13.8. The van der Waals surface area contributed by atoms with Crippen molar-refractivity contribution in [1.82, 2.24) is 25.1 Å². The van der Waals surface area contributed by atoms with Crippen LogP contribution in [-0.4, -0.2) is 31.7 Å². The fraction of sp³-hybridized carbons (Fsp3) is 0.263. The molecule has 8 nitrogen and oxygen atoms in total. The topological polar surface area (TPSA) is 96.8 Å². The van der Waals surface area contributed by atoms with E-state index in [1.54, 1.807) is 6.20 Å². The van der Waals surface area contributed by atoms with Crippen LogP contribution in [0.1, 0.15) is 19.4 Å². The minimum atomic E-state index is -1.03. The van der Waals surface area contributed by atoms with E-state index in [1.807, 2.05) is 13.8 Å². The minimum Gasteiger partial charge on any atom is -0.364 e. The van der Waals surface area contributed by atoms with E-state index < -0.39 is 17.5 Å². The van der Waals surface area contributed by atoms with Crippen LogP contribution < -0.4 is 16.0 Å². The summed E-state index contributed by atoms with van der Waals surface area (Å²) in [5.41, 5.74) is 0.160. The van der Waals surface area contributed by atoms with E-state index >= 15 is 0 Å². The molecule has 1 amide bonds. The summed E-state index contributed by atoms with van der Waals surface area (Å²) in [4.78, 5) is 20.0. The van der Waals surface area contributed by atoms with Gasteiger partial charge in [0.15, 0.2) is 5.82 Å². The quantitative estimate of drug-likeness (QED) is 0.482. The van der Waals surface area contributed by atoms with Gasteiger partial charge >= 0.3 is 0 Å². The lowest BCUT2D eigenvalue weighted by Gasteiger charge is -2.11. The van der Waals surface area contributed by atoms with Crippen LogP contribution in [0.2, 0.25) is 5.02 Å². The molecular weight excluding hydrogens is 435 g/mol. The second-order valence-electron chi connectivity index (χ2n) is 6.87. The van der Waals surface area contributed by atoms with Gasteiger partial charge in [0, 0.05) is 36.5 Å². The van der Waals surface area contributed by atoms with Gasteiger partial charge in [-0.2, -0.15) is 10.1 Å². The fourth-order valence-corrected chi connectivity index (χ4v) is 2.78. The van der Waals surface area contributed by atoms with Gasteiger partial charge in [-0.05, 0) is 13.8 Å². The van der Waals surface area contributed by atoms with Gasteiger partial charge in [0.05, 0.1) is 18.1 Å². The Kier molecular flexibility index (Phi) is 6.95. The molecule has 0 aliphatic rings. The van der Waals surface area contributed by atoms with Crippen LogP contribution in [0.3, 0.4) is 0 Å². The normalized spacial score (nSPS) is 10.9. The third-order valence-corrected chi connectivity index (χ3v) is 4.20. The molecule has 2 aromatic heterocycles. The lowest BCUT2D eigenvalue weighted by Crippen LogP contribution is -2.33. The van der Waals surface area contributed by atoms with Gasteiger partial charge < -0.3 is 16.0 Å². The summed E-state index contributed by atoms with van der Waals surface area (Å²) in [5.74, 6) is -2.99. The van der Waals surface area contributed by atoms with Crippen LogP contribution >= 0.6 is 11.6 Å². The standard InChI is InChI=1S/C19H19ClF3N7O/c1-10(2)27-17(31)9-30-8-12(5-26-30)28-19-25-7-14(20)18(29-19)24-6-13-15(22)3-11(21)4-16(13)23/h3-5,7-8,10H,6,9H2,1-2H3,(H,27,31)(H2,24,25,28,29). The number of hydrogen-bond donors (Lipinski definition) is 3. The second kappa shape index (κ2) is 9.65. The number of benzene rings is 1. The summed E-state index contributed by atoms with van der Waals surface area (Å²) < 4.78 is 42.1. The maximum Gasteiger partial charge on any atom is 0.241 e. The Balaban J connectivity index is 1.67. The zero-order valence-corrected chi connectivity index (χ0v) is 17.3. The molecule has 0 aliphatic heterocycles. The molecule has 1 aromatic carbocycles. The van der Waals surface area contributed by atoms with Crippen molar-refractivity contribution in [3.63, 3.8) is 0 Å². The zero-order valence-electron chi connectivity index (χ0n) is 16.6. The van der Waals surface area contributed by atoms with E-state index in [1.165, 1.54) is 17.1 Å². The molecule has 31 heavy (non-hydrogen) atoms. The first-order valence-corrected chi connectivity index (χ1v) is 9.57. The number of amides is 1.